The number of nitrogens with zero attached hydrogens (tertiary/aromatic N) is 1. The molecule has 4 nitrogen and oxygen atoms in total. The van der Waals surface area contributed by atoms with Gasteiger partial charge in [0.25, 0.3) is 5.91 Å². The predicted octanol–water partition coefficient (Wildman–Crippen LogP) is 2.83. The average molecular weight is 328 g/mol. The third kappa shape index (κ3) is 3.39. The summed E-state index contributed by atoms with van der Waals surface area (Å²) >= 11 is 3.43. The van der Waals surface area contributed by atoms with Crippen molar-refractivity contribution in [2.75, 3.05) is 0 Å². The van der Waals surface area contributed by atoms with Gasteiger partial charge in [-0.2, -0.15) is 0 Å². The van der Waals surface area contributed by atoms with Crippen LogP contribution in [0.5, 0.6) is 0 Å². The van der Waals surface area contributed by atoms with Crippen LogP contribution in [0.3, 0.4) is 0 Å². The third-order valence-corrected chi connectivity index (χ3v) is 4.17. The lowest BCUT2D eigenvalue weighted by Crippen LogP contribution is -2.49. The van der Waals surface area contributed by atoms with Crippen LogP contribution in [0.2, 0.25) is 0 Å². The number of halogens is 1. The van der Waals surface area contributed by atoms with Crippen LogP contribution in [0, 0.1) is 0 Å². The van der Waals surface area contributed by atoms with Crippen molar-refractivity contribution < 1.29 is 4.79 Å². The van der Waals surface area contributed by atoms with Crippen molar-refractivity contribution in [3.8, 4) is 0 Å². The number of nitrogens with two attached hydrogens (primary N) is 1. The minimum Gasteiger partial charge on any atom is -0.346 e. The first-order chi connectivity index (χ1) is 8.99. The largest absolute Gasteiger partial charge is 0.346 e. The summed E-state index contributed by atoms with van der Waals surface area (Å²) in [6.45, 7) is 4.13. The molecule has 5 heteroatoms. The maximum Gasteiger partial charge on any atom is 0.268 e. The number of hydrogen-bond donors (Lipinski definition) is 2. The molecule has 1 aromatic heterocycles. The van der Waals surface area contributed by atoms with Crippen LogP contribution in [0.15, 0.2) is 16.7 Å². The second-order valence-electron chi connectivity index (χ2n) is 5.57. The molecule has 0 unspecified atom stereocenters. The van der Waals surface area contributed by atoms with Crippen molar-refractivity contribution in [1.82, 2.24) is 9.88 Å². The fourth-order valence-corrected chi connectivity index (χ4v) is 3.07. The minimum absolute atomic E-state index is 0.0262. The lowest BCUT2D eigenvalue weighted by atomic mass is 9.91. The van der Waals surface area contributed by atoms with Crippen LogP contribution >= 0.6 is 15.9 Å². The average Bonchev–Trinajstić information content (AvgIpc) is 2.74. The van der Waals surface area contributed by atoms with E-state index in [4.69, 9.17) is 5.73 Å². The van der Waals surface area contributed by atoms with Gasteiger partial charge in [-0.05, 0) is 48.7 Å². The highest BCUT2D eigenvalue weighted by Crippen LogP contribution is 2.21. The van der Waals surface area contributed by atoms with Gasteiger partial charge in [-0.15, -0.1) is 0 Å². The number of hydrogen-bond acceptors (Lipinski definition) is 2. The van der Waals surface area contributed by atoms with Gasteiger partial charge in [0.15, 0.2) is 0 Å². The summed E-state index contributed by atoms with van der Waals surface area (Å²) in [7, 11) is 0. The lowest BCUT2D eigenvalue weighted by molar-refractivity contribution is 0.0910. The van der Waals surface area contributed by atoms with E-state index in [1.807, 2.05) is 16.8 Å². The number of rotatable bonds is 3. The smallest absolute Gasteiger partial charge is 0.268 e. The number of carbonyl (C=O) groups is 1. The Labute approximate surface area is 122 Å². The molecule has 106 valence electrons. The molecule has 0 aliphatic heterocycles. The quantitative estimate of drug-likeness (QED) is 0.896. The van der Waals surface area contributed by atoms with E-state index in [9.17, 15) is 4.79 Å². The first-order valence-corrected chi connectivity index (χ1v) is 7.72. The van der Waals surface area contributed by atoms with E-state index in [0.717, 1.165) is 23.7 Å². The molecular formula is C14H22BrN3O. The van der Waals surface area contributed by atoms with Crippen LogP contribution in [0.1, 0.15) is 56.1 Å². The molecule has 0 spiro atoms. The molecule has 0 saturated heterocycles. The Morgan fingerprint density at radius 2 is 2.16 bits per heavy atom. The standard InChI is InChI=1S/C14H22BrN3O/c1-9(2)18-8-10(15)7-13(18)14(19)17-12-6-4-3-5-11(12)16/h7-9,11-12H,3-6,16H2,1-2H3,(H,17,19)/t11-,12-/m1/s1. The Bertz CT molecular complexity index is 456. The van der Waals surface area contributed by atoms with Crippen molar-refractivity contribution in [3.63, 3.8) is 0 Å². The minimum atomic E-state index is -0.0262. The summed E-state index contributed by atoms with van der Waals surface area (Å²) in [5.41, 5.74) is 6.77. The highest BCUT2D eigenvalue weighted by Gasteiger charge is 2.25. The highest BCUT2D eigenvalue weighted by atomic mass is 79.9. The number of aromatic nitrogens is 1. The summed E-state index contributed by atoms with van der Waals surface area (Å²) in [4.78, 5) is 12.4. The second-order valence-corrected chi connectivity index (χ2v) is 6.49. The van der Waals surface area contributed by atoms with Gasteiger partial charge in [-0.1, -0.05) is 12.8 Å². The highest BCUT2D eigenvalue weighted by molar-refractivity contribution is 9.10. The van der Waals surface area contributed by atoms with E-state index in [0.29, 0.717) is 5.69 Å². The van der Waals surface area contributed by atoms with Gasteiger partial charge in [0.1, 0.15) is 5.69 Å². The zero-order valence-corrected chi connectivity index (χ0v) is 13.1. The first kappa shape index (κ1) is 14.6. The summed E-state index contributed by atoms with van der Waals surface area (Å²) in [6.07, 6.45) is 6.24. The van der Waals surface area contributed by atoms with E-state index < -0.39 is 0 Å². The van der Waals surface area contributed by atoms with E-state index in [1.165, 1.54) is 6.42 Å². The topological polar surface area (TPSA) is 60.0 Å². The number of carbonyl (C=O) groups excluding carboxylic acids is 1. The summed E-state index contributed by atoms with van der Waals surface area (Å²) in [6, 6.07) is 2.31. The summed E-state index contributed by atoms with van der Waals surface area (Å²) in [5.74, 6) is -0.0262. The zero-order chi connectivity index (χ0) is 14.0. The molecule has 19 heavy (non-hydrogen) atoms. The molecule has 2 rings (SSSR count). The molecule has 1 amide bonds. The molecule has 0 radical (unpaired) electrons. The van der Waals surface area contributed by atoms with Gasteiger partial charge in [0.05, 0.1) is 0 Å². The SMILES string of the molecule is CC(C)n1cc(Br)cc1C(=O)N[C@@H]1CCCC[C@H]1N. The monoisotopic (exact) mass is 327 g/mol. The molecular weight excluding hydrogens is 306 g/mol. The van der Waals surface area contributed by atoms with E-state index in [-0.39, 0.29) is 24.0 Å². The van der Waals surface area contributed by atoms with Crippen LogP contribution in [-0.4, -0.2) is 22.6 Å². The van der Waals surface area contributed by atoms with E-state index >= 15 is 0 Å². The van der Waals surface area contributed by atoms with Crippen LogP contribution in [0.4, 0.5) is 0 Å². The van der Waals surface area contributed by atoms with Crippen molar-refractivity contribution in [2.24, 2.45) is 5.73 Å². The van der Waals surface area contributed by atoms with Gasteiger partial charge in [0.2, 0.25) is 0 Å². The Kier molecular flexibility index (Phi) is 4.68. The Hall–Kier alpha value is -0.810. The molecule has 0 bridgehead atoms. The van der Waals surface area contributed by atoms with Gasteiger partial charge in [-0.25, -0.2) is 0 Å². The van der Waals surface area contributed by atoms with Crippen molar-refractivity contribution in [3.05, 3.63) is 22.4 Å². The van der Waals surface area contributed by atoms with Crippen LogP contribution in [0.25, 0.3) is 0 Å². The lowest BCUT2D eigenvalue weighted by Gasteiger charge is -2.29. The molecule has 1 fully saturated rings. The first-order valence-electron chi connectivity index (χ1n) is 6.93. The fourth-order valence-electron chi connectivity index (χ4n) is 2.64. The molecule has 3 N–H and O–H groups in total. The summed E-state index contributed by atoms with van der Waals surface area (Å²) < 4.78 is 2.91. The summed E-state index contributed by atoms with van der Waals surface area (Å²) in [5, 5.41) is 3.09. The third-order valence-electron chi connectivity index (χ3n) is 3.74. The van der Waals surface area contributed by atoms with Crippen molar-refractivity contribution in [2.45, 2.75) is 57.7 Å². The van der Waals surface area contributed by atoms with Gasteiger partial charge < -0.3 is 15.6 Å². The molecule has 1 aliphatic rings. The Balaban J connectivity index is 2.11. The van der Waals surface area contributed by atoms with E-state index in [1.54, 1.807) is 0 Å². The maximum atomic E-state index is 12.4. The van der Waals surface area contributed by atoms with Crippen molar-refractivity contribution >= 4 is 21.8 Å². The van der Waals surface area contributed by atoms with E-state index in [2.05, 4.69) is 35.1 Å². The van der Waals surface area contributed by atoms with Crippen LogP contribution < -0.4 is 11.1 Å². The predicted molar refractivity (Wildman–Crippen MR) is 80.2 cm³/mol. The zero-order valence-electron chi connectivity index (χ0n) is 11.5. The van der Waals surface area contributed by atoms with Crippen LogP contribution in [-0.2, 0) is 0 Å². The molecule has 1 heterocycles. The number of nitrogens with one attached hydrogen (secondary N) is 1. The normalized spacial score (nSPS) is 23.6. The molecule has 1 saturated carbocycles. The van der Waals surface area contributed by atoms with Gasteiger partial charge >= 0.3 is 0 Å². The van der Waals surface area contributed by atoms with Gasteiger partial charge in [-0.3, -0.25) is 4.79 Å². The van der Waals surface area contributed by atoms with Gasteiger partial charge in [0, 0.05) is 28.8 Å². The van der Waals surface area contributed by atoms with Crippen molar-refractivity contribution in [1.29, 1.82) is 0 Å². The Morgan fingerprint density at radius 3 is 2.79 bits per heavy atom. The fraction of sp³-hybridized carbons (Fsp3) is 0.643. The molecule has 2 atom stereocenters. The second kappa shape index (κ2) is 6.09. The molecule has 1 aromatic rings. The molecule has 0 aromatic carbocycles. The Morgan fingerprint density at radius 1 is 1.47 bits per heavy atom. The number of amides is 1. The maximum absolute atomic E-state index is 12.4. The molecule has 1 aliphatic carbocycles.